The molecule has 1 fully saturated rings. The fraction of sp³-hybridized carbons (Fsp3) is 0.400. The quantitative estimate of drug-likeness (QED) is 0.703. The number of nitrogens with one attached hydrogen (secondary N) is 2. The molecule has 3 rings (SSSR count). The highest BCUT2D eigenvalue weighted by Gasteiger charge is 2.20. The Kier molecular flexibility index (Phi) is 1.73. The van der Waals surface area contributed by atoms with Crippen LogP contribution in [0.5, 0.6) is 0 Å². The zero-order valence-electron chi connectivity index (χ0n) is 7.83. The second kappa shape index (κ2) is 3.06. The number of fused-ring (bicyclic) bond motifs is 1. The molecule has 0 aromatic carbocycles. The van der Waals surface area contributed by atoms with Gasteiger partial charge in [0.25, 0.3) is 0 Å². The molecule has 1 saturated heterocycles. The Morgan fingerprint density at radius 2 is 2.43 bits per heavy atom. The number of hydrogen-bond acceptors (Lipinski definition) is 3. The van der Waals surface area contributed by atoms with E-state index in [0.29, 0.717) is 5.92 Å². The topological polar surface area (TPSA) is 53.6 Å². The molecule has 14 heavy (non-hydrogen) atoms. The largest absolute Gasteiger partial charge is 0.316 e. The van der Waals surface area contributed by atoms with E-state index in [1.165, 1.54) is 17.5 Å². The molecule has 2 aromatic heterocycles. The molecule has 0 radical (unpaired) electrons. The third kappa shape index (κ3) is 1.11. The lowest BCUT2D eigenvalue weighted by atomic mass is 10.0. The minimum absolute atomic E-state index is 0.573. The van der Waals surface area contributed by atoms with Gasteiger partial charge in [-0.1, -0.05) is 0 Å². The van der Waals surface area contributed by atoms with E-state index in [1.54, 1.807) is 6.20 Å². The summed E-state index contributed by atoms with van der Waals surface area (Å²) in [5.74, 6) is 0.573. The van der Waals surface area contributed by atoms with E-state index in [2.05, 4.69) is 26.6 Å². The molecule has 72 valence electrons. The molecular weight excluding hydrogens is 176 g/mol. The summed E-state index contributed by atoms with van der Waals surface area (Å²) in [6, 6.07) is 4.04. The Bertz CT molecular complexity index is 442. The summed E-state index contributed by atoms with van der Waals surface area (Å²) in [6.45, 7) is 2.15. The first kappa shape index (κ1) is 7.94. The second-order valence-electron chi connectivity index (χ2n) is 3.70. The van der Waals surface area contributed by atoms with Crippen molar-refractivity contribution < 1.29 is 0 Å². The van der Waals surface area contributed by atoms with E-state index in [-0.39, 0.29) is 0 Å². The molecular formula is C10H12N4. The Morgan fingerprint density at radius 1 is 1.43 bits per heavy atom. The van der Waals surface area contributed by atoms with Crippen molar-refractivity contribution in [3.05, 3.63) is 24.0 Å². The molecule has 1 aliphatic heterocycles. The summed E-state index contributed by atoms with van der Waals surface area (Å²) < 4.78 is 0. The van der Waals surface area contributed by atoms with Gasteiger partial charge in [0.2, 0.25) is 0 Å². The molecule has 2 N–H and O–H groups in total. The minimum Gasteiger partial charge on any atom is -0.316 e. The van der Waals surface area contributed by atoms with E-state index in [0.717, 1.165) is 18.7 Å². The summed E-state index contributed by atoms with van der Waals surface area (Å²) >= 11 is 0. The molecule has 0 bridgehead atoms. The number of aromatic amines is 1. The van der Waals surface area contributed by atoms with Crippen LogP contribution in [-0.2, 0) is 0 Å². The van der Waals surface area contributed by atoms with Gasteiger partial charge >= 0.3 is 0 Å². The fourth-order valence-corrected chi connectivity index (χ4v) is 2.08. The maximum Gasteiger partial charge on any atom is 0.181 e. The van der Waals surface area contributed by atoms with Crippen molar-refractivity contribution in [2.45, 2.75) is 12.3 Å². The number of rotatable bonds is 1. The average molecular weight is 188 g/mol. The summed E-state index contributed by atoms with van der Waals surface area (Å²) in [7, 11) is 0. The fourth-order valence-electron chi connectivity index (χ4n) is 2.08. The van der Waals surface area contributed by atoms with Crippen molar-refractivity contribution in [3.63, 3.8) is 0 Å². The molecule has 2 aromatic rings. The van der Waals surface area contributed by atoms with Crippen LogP contribution in [0.3, 0.4) is 0 Å². The van der Waals surface area contributed by atoms with Crippen LogP contribution in [0.1, 0.15) is 18.0 Å². The van der Waals surface area contributed by atoms with Gasteiger partial charge in [0.1, 0.15) is 0 Å². The van der Waals surface area contributed by atoms with Gasteiger partial charge in [0, 0.05) is 29.7 Å². The van der Waals surface area contributed by atoms with Crippen LogP contribution in [0.2, 0.25) is 0 Å². The SMILES string of the molecule is c1cnc2n[nH]c([C@H]3CCNC3)c2c1. The first-order chi connectivity index (χ1) is 6.95. The van der Waals surface area contributed by atoms with Gasteiger partial charge in [-0.25, -0.2) is 4.98 Å². The molecule has 0 aliphatic carbocycles. The number of pyridine rings is 1. The predicted octanol–water partition coefficient (Wildman–Crippen LogP) is 1.03. The van der Waals surface area contributed by atoms with Gasteiger partial charge in [-0.05, 0) is 25.1 Å². The van der Waals surface area contributed by atoms with Crippen LogP contribution in [0.25, 0.3) is 11.0 Å². The lowest BCUT2D eigenvalue weighted by molar-refractivity contribution is 0.734. The third-order valence-corrected chi connectivity index (χ3v) is 2.83. The first-order valence-electron chi connectivity index (χ1n) is 4.95. The molecule has 0 amide bonds. The van der Waals surface area contributed by atoms with Crippen LogP contribution >= 0.6 is 0 Å². The highest BCUT2D eigenvalue weighted by molar-refractivity contribution is 5.77. The van der Waals surface area contributed by atoms with Crippen molar-refractivity contribution >= 4 is 11.0 Å². The molecule has 3 heterocycles. The Hall–Kier alpha value is -1.42. The highest BCUT2D eigenvalue weighted by atomic mass is 15.2. The molecule has 4 heteroatoms. The molecule has 4 nitrogen and oxygen atoms in total. The lowest BCUT2D eigenvalue weighted by Crippen LogP contribution is -2.08. The van der Waals surface area contributed by atoms with Crippen molar-refractivity contribution in [1.82, 2.24) is 20.5 Å². The van der Waals surface area contributed by atoms with Crippen molar-refractivity contribution in [2.24, 2.45) is 0 Å². The van der Waals surface area contributed by atoms with Crippen molar-refractivity contribution in [2.75, 3.05) is 13.1 Å². The zero-order chi connectivity index (χ0) is 9.38. The maximum atomic E-state index is 4.21. The minimum atomic E-state index is 0.573. The summed E-state index contributed by atoms with van der Waals surface area (Å²) in [5, 5.41) is 11.8. The van der Waals surface area contributed by atoms with Crippen LogP contribution in [0.4, 0.5) is 0 Å². The van der Waals surface area contributed by atoms with Gasteiger partial charge in [-0.3, -0.25) is 5.10 Å². The first-order valence-corrected chi connectivity index (χ1v) is 4.95. The summed E-state index contributed by atoms with van der Waals surface area (Å²) in [5.41, 5.74) is 2.06. The second-order valence-corrected chi connectivity index (χ2v) is 3.70. The maximum absolute atomic E-state index is 4.21. The molecule has 1 atom stereocenters. The van der Waals surface area contributed by atoms with Gasteiger partial charge in [-0.2, -0.15) is 5.10 Å². The van der Waals surface area contributed by atoms with Gasteiger partial charge in [-0.15, -0.1) is 0 Å². The van der Waals surface area contributed by atoms with E-state index in [1.807, 2.05) is 6.07 Å². The smallest absolute Gasteiger partial charge is 0.181 e. The number of aromatic nitrogens is 3. The van der Waals surface area contributed by atoms with E-state index in [9.17, 15) is 0 Å². The summed E-state index contributed by atoms with van der Waals surface area (Å²) in [4.78, 5) is 4.21. The monoisotopic (exact) mass is 188 g/mol. The molecule has 0 saturated carbocycles. The Balaban J connectivity index is 2.11. The van der Waals surface area contributed by atoms with Crippen LogP contribution < -0.4 is 5.32 Å². The van der Waals surface area contributed by atoms with Crippen LogP contribution in [0, 0.1) is 0 Å². The van der Waals surface area contributed by atoms with E-state index in [4.69, 9.17) is 0 Å². The summed E-state index contributed by atoms with van der Waals surface area (Å²) in [6.07, 6.45) is 2.96. The Labute approximate surface area is 81.7 Å². The normalized spacial score (nSPS) is 21.9. The average Bonchev–Trinajstić information content (AvgIpc) is 2.85. The highest BCUT2D eigenvalue weighted by Crippen LogP contribution is 2.26. The van der Waals surface area contributed by atoms with E-state index >= 15 is 0 Å². The number of H-pyrrole nitrogens is 1. The Morgan fingerprint density at radius 3 is 3.29 bits per heavy atom. The molecule has 1 aliphatic rings. The van der Waals surface area contributed by atoms with Gasteiger partial charge < -0.3 is 5.32 Å². The van der Waals surface area contributed by atoms with Crippen molar-refractivity contribution in [3.8, 4) is 0 Å². The van der Waals surface area contributed by atoms with Crippen molar-refractivity contribution in [1.29, 1.82) is 0 Å². The molecule has 0 spiro atoms. The van der Waals surface area contributed by atoms with Gasteiger partial charge in [0.15, 0.2) is 5.65 Å². The third-order valence-electron chi connectivity index (χ3n) is 2.83. The standard InChI is InChI=1S/C10H12N4/c1-2-8-9(7-3-5-11-6-7)13-14-10(8)12-4-1/h1-2,4,7,11H,3,5-6H2,(H,12,13,14)/t7-/m0/s1. The zero-order valence-corrected chi connectivity index (χ0v) is 7.83. The van der Waals surface area contributed by atoms with Crippen LogP contribution in [-0.4, -0.2) is 28.3 Å². The number of hydrogen-bond donors (Lipinski definition) is 2. The number of nitrogens with zero attached hydrogens (tertiary/aromatic N) is 2. The lowest BCUT2D eigenvalue weighted by Gasteiger charge is -2.04. The molecule has 0 unspecified atom stereocenters. The van der Waals surface area contributed by atoms with Crippen LogP contribution in [0.15, 0.2) is 18.3 Å². The van der Waals surface area contributed by atoms with Gasteiger partial charge in [0.05, 0.1) is 0 Å². The van der Waals surface area contributed by atoms with E-state index < -0.39 is 0 Å². The predicted molar refractivity (Wildman–Crippen MR) is 54.1 cm³/mol.